The molecular formula is C26H25N3O2. The number of benzene rings is 1. The first-order valence-electron chi connectivity index (χ1n) is 10.6. The Kier molecular flexibility index (Phi) is 5.69. The van der Waals surface area contributed by atoms with Crippen molar-refractivity contribution in [1.82, 2.24) is 0 Å². The van der Waals surface area contributed by atoms with Crippen LogP contribution < -0.4 is 9.64 Å². The SMILES string of the molecule is CC1=C/C(=C(\C)C#N)C=C(C(C#N)=C2C=C(C)c3ccc(N4CCCCC4)cc3O2)O1. The summed E-state index contributed by atoms with van der Waals surface area (Å²) in [5.41, 5.74) is 4.81. The van der Waals surface area contributed by atoms with E-state index in [0.29, 0.717) is 28.4 Å². The molecule has 0 unspecified atom stereocenters. The summed E-state index contributed by atoms with van der Waals surface area (Å²) < 4.78 is 12.1. The molecule has 3 aliphatic rings. The Morgan fingerprint density at radius 2 is 1.74 bits per heavy atom. The lowest BCUT2D eigenvalue weighted by atomic mass is 9.99. The molecule has 0 radical (unpaired) electrons. The van der Waals surface area contributed by atoms with E-state index in [4.69, 9.17) is 9.47 Å². The van der Waals surface area contributed by atoms with Crippen molar-refractivity contribution in [3.05, 3.63) is 76.0 Å². The summed E-state index contributed by atoms with van der Waals surface area (Å²) in [6.45, 7) is 7.68. The highest BCUT2D eigenvalue weighted by atomic mass is 16.5. The van der Waals surface area contributed by atoms with Crippen LogP contribution in [0.5, 0.6) is 5.75 Å². The molecule has 1 fully saturated rings. The van der Waals surface area contributed by atoms with Gasteiger partial charge in [0, 0.05) is 36.0 Å². The van der Waals surface area contributed by atoms with Crippen LogP contribution in [0.3, 0.4) is 0 Å². The molecule has 0 amide bonds. The highest BCUT2D eigenvalue weighted by molar-refractivity contribution is 5.77. The molecular weight excluding hydrogens is 386 g/mol. The number of ether oxygens (including phenoxy) is 2. The Labute approximate surface area is 183 Å². The first kappa shape index (κ1) is 20.6. The monoisotopic (exact) mass is 411 g/mol. The second kappa shape index (κ2) is 8.58. The molecule has 1 saturated heterocycles. The molecule has 3 aliphatic heterocycles. The zero-order valence-corrected chi connectivity index (χ0v) is 18.2. The lowest BCUT2D eigenvalue weighted by Crippen LogP contribution is -2.29. The highest BCUT2D eigenvalue weighted by Gasteiger charge is 2.24. The van der Waals surface area contributed by atoms with Gasteiger partial charge in [-0.2, -0.15) is 10.5 Å². The average Bonchev–Trinajstić information content (AvgIpc) is 2.79. The van der Waals surface area contributed by atoms with Crippen molar-refractivity contribution in [2.24, 2.45) is 0 Å². The van der Waals surface area contributed by atoms with Crippen LogP contribution in [-0.4, -0.2) is 13.1 Å². The number of nitrogens with zero attached hydrogens (tertiary/aromatic N) is 3. The van der Waals surface area contributed by atoms with Gasteiger partial charge in [-0.1, -0.05) is 0 Å². The molecule has 5 nitrogen and oxygen atoms in total. The number of nitriles is 2. The Hall–Kier alpha value is -3.70. The smallest absolute Gasteiger partial charge is 0.149 e. The largest absolute Gasteiger partial charge is 0.460 e. The van der Waals surface area contributed by atoms with Crippen molar-refractivity contribution in [3.8, 4) is 17.9 Å². The summed E-state index contributed by atoms with van der Waals surface area (Å²) in [6.07, 6.45) is 9.09. The molecule has 0 aliphatic carbocycles. The maximum absolute atomic E-state index is 9.94. The van der Waals surface area contributed by atoms with Gasteiger partial charge in [0.1, 0.15) is 34.7 Å². The Morgan fingerprint density at radius 3 is 2.45 bits per heavy atom. The topological polar surface area (TPSA) is 69.3 Å². The normalized spacial score (nSPS) is 21.2. The fourth-order valence-electron chi connectivity index (χ4n) is 4.09. The van der Waals surface area contributed by atoms with Crippen molar-refractivity contribution in [3.63, 3.8) is 0 Å². The van der Waals surface area contributed by atoms with Crippen LogP contribution in [0.1, 0.15) is 45.6 Å². The van der Waals surface area contributed by atoms with E-state index in [1.807, 2.05) is 13.0 Å². The van der Waals surface area contributed by atoms with Gasteiger partial charge in [-0.15, -0.1) is 0 Å². The van der Waals surface area contributed by atoms with Crippen LogP contribution in [0.2, 0.25) is 0 Å². The van der Waals surface area contributed by atoms with Crippen molar-refractivity contribution >= 4 is 11.3 Å². The van der Waals surface area contributed by atoms with Crippen LogP contribution >= 0.6 is 0 Å². The van der Waals surface area contributed by atoms with Crippen molar-refractivity contribution in [2.45, 2.75) is 40.0 Å². The standard InChI is InChI=1S/C26H25N3O2/c1-17-11-24(23(16-28)25-13-20(18(2)15-27)12-19(3)30-25)31-26-14-21(7-8-22(17)26)29-9-5-4-6-10-29/h7-8,11-14H,4-6,9-10H2,1-3H3/b20-18-,24-23?. The van der Waals surface area contributed by atoms with Gasteiger partial charge in [0.15, 0.2) is 0 Å². The molecule has 31 heavy (non-hydrogen) atoms. The van der Waals surface area contributed by atoms with E-state index in [1.54, 1.807) is 26.0 Å². The third-order valence-electron chi connectivity index (χ3n) is 5.80. The van der Waals surface area contributed by atoms with Gasteiger partial charge in [-0.3, -0.25) is 0 Å². The summed E-state index contributed by atoms with van der Waals surface area (Å²) in [6, 6.07) is 10.7. The van der Waals surface area contributed by atoms with Gasteiger partial charge in [-0.25, -0.2) is 0 Å². The van der Waals surface area contributed by atoms with Gasteiger partial charge < -0.3 is 14.4 Å². The minimum absolute atomic E-state index is 0.309. The molecule has 0 saturated carbocycles. The minimum atomic E-state index is 0.309. The lowest BCUT2D eigenvalue weighted by Gasteiger charge is -2.30. The Bertz CT molecular complexity index is 1160. The van der Waals surface area contributed by atoms with Gasteiger partial charge >= 0.3 is 0 Å². The molecule has 3 heterocycles. The third-order valence-corrected chi connectivity index (χ3v) is 5.80. The molecule has 0 bridgehead atoms. The average molecular weight is 412 g/mol. The summed E-state index contributed by atoms with van der Waals surface area (Å²) in [5, 5.41) is 19.2. The van der Waals surface area contributed by atoms with E-state index >= 15 is 0 Å². The fourth-order valence-corrected chi connectivity index (χ4v) is 4.09. The Balaban J connectivity index is 1.74. The highest BCUT2D eigenvalue weighted by Crippen LogP contribution is 2.39. The van der Waals surface area contributed by atoms with E-state index in [0.717, 1.165) is 41.2 Å². The molecule has 0 N–H and O–H groups in total. The van der Waals surface area contributed by atoms with Crippen molar-refractivity contribution in [2.75, 3.05) is 18.0 Å². The van der Waals surface area contributed by atoms with E-state index < -0.39 is 0 Å². The minimum Gasteiger partial charge on any atom is -0.460 e. The number of piperidine rings is 1. The van der Waals surface area contributed by atoms with Gasteiger partial charge in [0.2, 0.25) is 0 Å². The van der Waals surface area contributed by atoms with Crippen LogP contribution in [0, 0.1) is 22.7 Å². The predicted octanol–water partition coefficient (Wildman–Crippen LogP) is 5.91. The third kappa shape index (κ3) is 4.13. The van der Waals surface area contributed by atoms with Crippen molar-refractivity contribution in [1.29, 1.82) is 10.5 Å². The van der Waals surface area contributed by atoms with Crippen LogP contribution in [0.4, 0.5) is 5.69 Å². The number of anilines is 1. The number of fused-ring (bicyclic) bond motifs is 1. The number of allylic oxidation sites excluding steroid dienone is 8. The molecule has 4 rings (SSSR count). The molecule has 1 aromatic rings. The number of rotatable bonds is 2. The van der Waals surface area contributed by atoms with Gasteiger partial charge in [0.05, 0.1) is 6.07 Å². The molecule has 1 aromatic carbocycles. The number of hydrogen-bond acceptors (Lipinski definition) is 5. The number of hydrogen-bond donors (Lipinski definition) is 0. The lowest BCUT2D eigenvalue weighted by molar-refractivity contribution is 0.309. The zero-order valence-electron chi connectivity index (χ0n) is 18.2. The molecule has 0 spiro atoms. The fraction of sp³-hybridized carbons (Fsp3) is 0.308. The molecule has 156 valence electrons. The van der Waals surface area contributed by atoms with E-state index in [-0.39, 0.29) is 0 Å². The van der Waals surface area contributed by atoms with Crippen LogP contribution in [0.15, 0.2) is 70.4 Å². The first-order chi connectivity index (χ1) is 15.0. The van der Waals surface area contributed by atoms with E-state index in [9.17, 15) is 10.5 Å². The van der Waals surface area contributed by atoms with Crippen LogP contribution in [-0.2, 0) is 4.74 Å². The van der Waals surface area contributed by atoms with E-state index in [1.165, 1.54) is 19.3 Å². The zero-order chi connectivity index (χ0) is 22.0. The van der Waals surface area contributed by atoms with Gasteiger partial charge in [-0.05, 0) is 81.5 Å². The maximum Gasteiger partial charge on any atom is 0.149 e. The predicted molar refractivity (Wildman–Crippen MR) is 121 cm³/mol. The molecule has 0 aromatic heterocycles. The van der Waals surface area contributed by atoms with Gasteiger partial charge in [0.25, 0.3) is 0 Å². The van der Waals surface area contributed by atoms with Crippen LogP contribution in [0.25, 0.3) is 5.57 Å². The van der Waals surface area contributed by atoms with Crippen molar-refractivity contribution < 1.29 is 9.47 Å². The summed E-state index contributed by atoms with van der Waals surface area (Å²) in [4.78, 5) is 2.39. The second-order valence-corrected chi connectivity index (χ2v) is 8.07. The second-order valence-electron chi connectivity index (χ2n) is 8.07. The summed E-state index contributed by atoms with van der Waals surface area (Å²) in [7, 11) is 0. The first-order valence-corrected chi connectivity index (χ1v) is 10.6. The maximum atomic E-state index is 9.94. The molecule has 0 atom stereocenters. The summed E-state index contributed by atoms with van der Waals surface area (Å²) in [5.74, 6) is 2.22. The summed E-state index contributed by atoms with van der Waals surface area (Å²) >= 11 is 0. The molecule has 5 heteroatoms. The Morgan fingerprint density at radius 1 is 0.968 bits per heavy atom. The quantitative estimate of drug-likeness (QED) is 0.566. The van der Waals surface area contributed by atoms with E-state index in [2.05, 4.69) is 35.2 Å².